The summed E-state index contributed by atoms with van der Waals surface area (Å²) in [5.41, 5.74) is 1.92. The van der Waals surface area contributed by atoms with E-state index in [9.17, 15) is 4.21 Å². The smallest absolute Gasteiger partial charge is 0.166 e. The molecule has 0 radical (unpaired) electrons. The van der Waals surface area contributed by atoms with Crippen molar-refractivity contribution in [1.29, 1.82) is 0 Å². The summed E-state index contributed by atoms with van der Waals surface area (Å²) in [4.78, 5) is 0. The summed E-state index contributed by atoms with van der Waals surface area (Å²) in [7, 11) is 0. The molecule has 2 rings (SSSR count). The molecule has 0 fully saturated rings. The monoisotopic (exact) mass is 230 g/mol. The van der Waals surface area contributed by atoms with Crippen LogP contribution in [0.1, 0.15) is 38.8 Å². The van der Waals surface area contributed by atoms with Crippen molar-refractivity contribution in [2.24, 2.45) is 0 Å². The molecule has 78 valence electrons. The van der Waals surface area contributed by atoms with Crippen molar-refractivity contribution in [3.8, 4) is 0 Å². The van der Waals surface area contributed by atoms with Gasteiger partial charge in [-0.1, -0.05) is 0 Å². The van der Waals surface area contributed by atoms with Crippen molar-refractivity contribution < 1.29 is 8.39 Å². The third kappa shape index (κ3) is 1.28. The quantitative estimate of drug-likeness (QED) is 0.685. The summed E-state index contributed by atoms with van der Waals surface area (Å²) in [6.45, 7) is 7.85. The Kier molecular flexibility index (Phi) is 2.14. The second kappa shape index (κ2) is 2.90. The highest BCUT2D eigenvalue weighted by Gasteiger charge is 2.44. The van der Waals surface area contributed by atoms with Gasteiger partial charge in [0.1, 0.15) is 5.60 Å². The van der Waals surface area contributed by atoms with Crippen molar-refractivity contribution in [3.05, 3.63) is 21.9 Å². The number of fused-ring (bicyclic) bond motifs is 1. The standard InChI is InChI=1S/C10H14O2S2/c1-9(2)7-5-13-6-8(7)10(3,4)14(11)12-9/h5-6H,1-4H3. The second-order valence-corrected chi connectivity index (χ2v) is 6.94. The summed E-state index contributed by atoms with van der Waals surface area (Å²) in [5.74, 6) is 0. The van der Waals surface area contributed by atoms with E-state index in [0.29, 0.717) is 0 Å². The van der Waals surface area contributed by atoms with E-state index >= 15 is 0 Å². The molecular weight excluding hydrogens is 216 g/mol. The molecule has 4 heteroatoms. The largest absolute Gasteiger partial charge is 0.279 e. The highest BCUT2D eigenvalue weighted by molar-refractivity contribution is 7.81. The Hall–Kier alpha value is -0.190. The van der Waals surface area contributed by atoms with Gasteiger partial charge in [-0.3, -0.25) is 4.18 Å². The lowest BCUT2D eigenvalue weighted by atomic mass is 9.91. The normalized spacial score (nSPS) is 28.4. The van der Waals surface area contributed by atoms with E-state index in [1.54, 1.807) is 11.3 Å². The third-order valence-electron chi connectivity index (χ3n) is 2.66. The van der Waals surface area contributed by atoms with E-state index in [0.717, 1.165) is 5.56 Å². The van der Waals surface area contributed by atoms with Gasteiger partial charge in [0, 0.05) is 5.56 Å². The van der Waals surface area contributed by atoms with Gasteiger partial charge in [-0.15, -0.1) is 0 Å². The van der Waals surface area contributed by atoms with Gasteiger partial charge in [0.15, 0.2) is 11.1 Å². The molecule has 1 atom stereocenters. The SMILES string of the molecule is CC1(C)OS(=O)C(C)(C)c2cscc21. The summed E-state index contributed by atoms with van der Waals surface area (Å²) in [6, 6.07) is 0. The van der Waals surface area contributed by atoms with Crippen LogP contribution >= 0.6 is 11.3 Å². The molecule has 0 bridgehead atoms. The van der Waals surface area contributed by atoms with Gasteiger partial charge < -0.3 is 0 Å². The van der Waals surface area contributed by atoms with E-state index < -0.39 is 16.7 Å². The predicted octanol–water partition coefficient (Wildman–Crippen LogP) is 2.91. The molecular formula is C10H14O2S2. The van der Waals surface area contributed by atoms with Crippen LogP contribution < -0.4 is 0 Å². The third-order valence-corrected chi connectivity index (χ3v) is 5.02. The van der Waals surface area contributed by atoms with Crippen LogP contribution in [0, 0.1) is 0 Å². The molecule has 2 heterocycles. The van der Waals surface area contributed by atoms with Crippen LogP contribution in [0.25, 0.3) is 0 Å². The molecule has 1 aromatic rings. The second-order valence-electron chi connectivity index (χ2n) is 4.54. The molecule has 1 aromatic heterocycles. The molecule has 0 saturated heterocycles. The number of hydrogen-bond acceptors (Lipinski definition) is 3. The van der Waals surface area contributed by atoms with E-state index in [4.69, 9.17) is 4.18 Å². The summed E-state index contributed by atoms with van der Waals surface area (Å²) >= 11 is 0.394. The molecule has 0 N–H and O–H groups in total. The first-order chi connectivity index (χ1) is 6.36. The lowest BCUT2D eigenvalue weighted by Crippen LogP contribution is -2.39. The molecule has 0 spiro atoms. The first-order valence-electron chi connectivity index (χ1n) is 4.54. The van der Waals surface area contributed by atoms with E-state index in [1.165, 1.54) is 5.56 Å². The minimum absolute atomic E-state index is 0.384. The van der Waals surface area contributed by atoms with Crippen LogP contribution in [0.5, 0.6) is 0 Å². The van der Waals surface area contributed by atoms with Crippen molar-refractivity contribution in [3.63, 3.8) is 0 Å². The average molecular weight is 230 g/mol. The molecule has 0 aliphatic carbocycles. The number of hydrogen-bond donors (Lipinski definition) is 0. The average Bonchev–Trinajstić information content (AvgIpc) is 2.49. The maximum Gasteiger partial charge on any atom is 0.166 e. The van der Waals surface area contributed by atoms with Crippen molar-refractivity contribution in [1.82, 2.24) is 0 Å². The van der Waals surface area contributed by atoms with Crippen LogP contribution in [-0.2, 0) is 25.6 Å². The topological polar surface area (TPSA) is 26.3 Å². The van der Waals surface area contributed by atoms with Gasteiger partial charge in [-0.25, -0.2) is 4.21 Å². The zero-order chi connectivity index (χ0) is 10.6. The van der Waals surface area contributed by atoms with Crippen molar-refractivity contribution in [2.75, 3.05) is 0 Å². The van der Waals surface area contributed by atoms with Crippen molar-refractivity contribution in [2.45, 2.75) is 38.0 Å². The van der Waals surface area contributed by atoms with Gasteiger partial charge in [0.05, 0.1) is 4.75 Å². The van der Waals surface area contributed by atoms with E-state index in [-0.39, 0.29) is 4.75 Å². The lowest BCUT2D eigenvalue weighted by Gasteiger charge is -2.37. The van der Waals surface area contributed by atoms with E-state index in [1.807, 2.05) is 27.7 Å². The summed E-state index contributed by atoms with van der Waals surface area (Å²) in [5, 5.41) is 4.17. The fraction of sp³-hybridized carbons (Fsp3) is 0.600. The summed E-state index contributed by atoms with van der Waals surface area (Å²) in [6.07, 6.45) is 0. The Balaban J connectivity index is 2.65. The zero-order valence-electron chi connectivity index (χ0n) is 8.79. The highest BCUT2D eigenvalue weighted by atomic mass is 32.2. The van der Waals surface area contributed by atoms with Gasteiger partial charge in [-0.2, -0.15) is 11.3 Å². The molecule has 1 aliphatic heterocycles. The fourth-order valence-electron chi connectivity index (χ4n) is 1.66. The van der Waals surface area contributed by atoms with Crippen LogP contribution in [0.15, 0.2) is 10.8 Å². The van der Waals surface area contributed by atoms with Crippen LogP contribution in [0.4, 0.5) is 0 Å². The Bertz CT molecular complexity index is 391. The minimum atomic E-state index is -1.25. The molecule has 0 amide bonds. The van der Waals surface area contributed by atoms with E-state index in [2.05, 4.69) is 10.8 Å². The Morgan fingerprint density at radius 3 is 2.43 bits per heavy atom. The first kappa shape index (κ1) is 10.3. The van der Waals surface area contributed by atoms with Crippen LogP contribution in [0.3, 0.4) is 0 Å². The van der Waals surface area contributed by atoms with Gasteiger partial charge in [0.2, 0.25) is 0 Å². The molecule has 14 heavy (non-hydrogen) atoms. The van der Waals surface area contributed by atoms with Crippen molar-refractivity contribution >= 4 is 22.4 Å². The minimum Gasteiger partial charge on any atom is -0.279 e. The number of rotatable bonds is 0. The summed E-state index contributed by atoms with van der Waals surface area (Å²) < 4.78 is 17.1. The molecule has 1 aliphatic rings. The molecule has 0 saturated carbocycles. The molecule has 0 aromatic carbocycles. The first-order valence-corrected chi connectivity index (χ1v) is 6.56. The van der Waals surface area contributed by atoms with Gasteiger partial charge in [0.25, 0.3) is 0 Å². The van der Waals surface area contributed by atoms with Gasteiger partial charge in [-0.05, 0) is 44.0 Å². The Labute approximate surface area is 91.0 Å². The Morgan fingerprint density at radius 2 is 1.79 bits per heavy atom. The maximum atomic E-state index is 11.9. The zero-order valence-corrected chi connectivity index (χ0v) is 10.4. The molecule has 1 unspecified atom stereocenters. The fourth-order valence-corrected chi connectivity index (χ4v) is 3.93. The van der Waals surface area contributed by atoms with Crippen LogP contribution in [0.2, 0.25) is 0 Å². The number of thiophene rings is 1. The maximum absolute atomic E-state index is 11.9. The lowest BCUT2D eigenvalue weighted by molar-refractivity contribution is 0.114. The predicted molar refractivity (Wildman–Crippen MR) is 59.6 cm³/mol. The Morgan fingerprint density at radius 1 is 1.21 bits per heavy atom. The van der Waals surface area contributed by atoms with Gasteiger partial charge >= 0.3 is 0 Å². The van der Waals surface area contributed by atoms with Crippen LogP contribution in [-0.4, -0.2) is 4.21 Å². The molecule has 2 nitrogen and oxygen atoms in total. The highest BCUT2D eigenvalue weighted by Crippen LogP contribution is 2.45.